The van der Waals surface area contributed by atoms with Crippen LogP contribution in [-0.4, -0.2) is 38.3 Å². The first-order valence-corrected chi connectivity index (χ1v) is 7.13. The van der Waals surface area contributed by atoms with Gasteiger partial charge in [-0.25, -0.2) is 0 Å². The Morgan fingerprint density at radius 2 is 1.72 bits per heavy atom. The van der Waals surface area contributed by atoms with Gasteiger partial charge < -0.3 is 9.64 Å². The first kappa shape index (κ1) is 15.2. The fraction of sp³-hybridized carbons (Fsp3) is 0.625. The van der Waals surface area contributed by atoms with E-state index in [4.69, 9.17) is 4.74 Å². The highest BCUT2D eigenvalue weighted by Gasteiger charge is 1.97. The molecule has 0 N–H and O–H groups in total. The van der Waals surface area contributed by atoms with Gasteiger partial charge in [0.25, 0.3) is 0 Å². The van der Waals surface area contributed by atoms with Crippen LogP contribution in [-0.2, 0) is 11.2 Å². The van der Waals surface area contributed by atoms with Gasteiger partial charge in [-0.1, -0.05) is 43.7 Å². The molecule has 0 aliphatic carbocycles. The van der Waals surface area contributed by atoms with Gasteiger partial charge in [0.15, 0.2) is 0 Å². The minimum Gasteiger partial charge on any atom is -0.381 e. The molecule has 0 aromatic heterocycles. The van der Waals surface area contributed by atoms with Crippen molar-refractivity contribution in [2.75, 3.05) is 33.4 Å². The number of unbranched alkanes of at least 4 members (excludes halogenated alkanes) is 1. The summed E-state index contributed by atoms with van der Waals surface area (Å²) >= 11 is 0. The van der Waals surface area contributed by atoms with E-state index in [1.165, 1.54) is 24.9 Å². The van der Waals surface area contributed by atoms with E-state index in [0.29, 0.717) is 0 Å². The molecule has 1 rings (SSSR count). The van der Waals surface area contributed by atoms with Gasteiger partial charge in [0.05, 0.1) is 6.61 Å². The second-order valence-electron chi connectivity index (χ2n) is 4.86. The highest BCUT2D eigenvalue weighted by Crippen LogP contribution is 2.00. The van der Waals surface area contributed by atoms with Crippen LogP contribution in [0.3, 0.4) is 0 Å². The lowest BCUT2D eigenvalue weighted by Crippen LogP contribution is -2.22. The highest BCUT2D eigenvalue weighted by molar-refractivity contribution is 5.14. The molecule has 18 heavy (non-hydrogen) atoms. The van der Waals surface area contributed by atoms with E-state index in [-0.39, 0.29) is 0 Å². The number of ether oxygens (including phenoxy) is 1. The van der Waals surface area contributed by atoms with Gasteiger partial charge in [0, 0.05) is 13.2 Å². The summed E-state index contributed by atoms with van der Waals surface area (Å²) in [6.45, 7) is 6.30. The SMILES string of the molecule is CCCCN(C)CCCOCCc1ccccc1. The molecule has 0 saturated carbocycles. The van der Waals surface area contributed by atoms with E-state index in [1.54, 1.807) is 0 Å². The molecule has 0 aliphatic rings. The van der Waals surface area contributed by atoms with Crippen LogP contribution in [0.1, 0.15) is 31.7 Å². The molecule has 1 aromatic rings. The predicted molar refractivity (Wildman–Crippen MR) is 78.0 cm³/mol. The molecular formula is C16H27NO. The molecule has 0 fully saturated rings. The van der Waals surface area contributed by atoms with Crippen molar-refractivity contribution >= 4 is 0 Å². The number of benzene rings is 1. The zero-order chi connectivity index (χ0) is 13.1. The lowest BCUT2D eigenvalue weighted by molar-refractivity contribution is 0.126. The summed E-state index contributed by atoms with van der Waals surface area (Å²) in [7, 11) is 2.19. The minimum absolute atomic E-state index is 0.836. The Kier molecular flexibility index (Phi) is 8.53. The summed E-state index contributed by atoms with van der Waals surface area (Å²) in [5, 5.41) is 0. The van der Waals surface area contributed by atoms with Gasteiger partial charge in [-0.05, 0) is 38.4 Å². The van der Waals surface area contributed by atoms with Crippen LogP contribution >= 0.6 is 0 Å². The number of hydrogen-bond acceptors (Lipinski definition) is 2. The molecule has 1 aromatic carbocycles. The molecule has 0 heterocycles. The van der Waals surface area contributed by atoms with E-state index in [9.17, 15) is 0 Å². The second kappa shape index (κ2) is 10.1. The highest BCUT2D eigenvalue weighted by atomic mass is 16.5. The molecule has 2 heteroatoms. The van der Waals surface area contributed by atoms with Crippen molar-refractivity contribution < 1.29 is 4.74 Å². The molecule has 0 unspecified atom stereocenters. The fourth-order valence-corrected chi connectivity index (χ4v) is 1.91. The molecule has 0 saturated heterocycles. The van der Waals surface area contributed by atoms with E-state index in [1.807, 2.05) is 0 Å². The summed E-state index contributed by atoms with van der Waals surface area (Å²) in [6, 6.07) is 10.5. The van der Waals surface area contributed by atoms with Crippen LogP contribution in [0, 0.1) is 0 Å². The van der Waals surface area contributed by atoms with E-state index < -0.39 is 0 Å². The third kappa shape index (κ3) is 7.46. The third-order valence-electron chi connectivity index (χ3n) is 3.10. The zero-order valence-electron chi connectivity index (χ0n) is 11.9. The van der Waals surface area contributed by atoms with Gasteiger partial charge >= 0.3 is 0 Å². The average molecular weight is 249 g/mol. The van der Waals surface area contributed by atoms with Crippen LogP contribution in [0.15, 0.2) is 30.3 Å². The predicted octanol–water partition coefficient (Wildman–Crippen LogP) is 3.37. The maximum absolute atomic E-state index is 5.67. The molecule has 0 radical (unpaired) electrons. The Balaban J connectivity index is 1.93. The van der Waals surface area contributed by atoms with Gasteiger partial charge in [-0.2, -0.15) is 0 Å². The fourth-order valence-electron chi connectivity index (χ4n) is 1.91. The van der Waals surface area contributed by atoms with E-state index in [2.05, 4.69) is 49.2 Å². The molecule has 0 bridgehead atoms. The van der Waals surface area contributed by atoms with Gasteiger partial charge in [-0.3, -0.25) is 0 Å². The molecular weight excluding hydrogens is 222 g/mol. The molecule has 102 valence electrons. The second-order valence-corrected chi connectivity index (χ2v) is 4.86. The maximum Gasteiger partial charge on any atom is 0.0506 e. The minimum atomic E-state index is 0.836. The van der Waals surface area contributed by atoms with E-state index in [0.717, 1.165) is 32.6 Å². The monoisotopic (exact) mass is 249 g/mol. The Morgan fingerprint density at radius 1 is 1.00 bits per heavy atom. The maximum atomic E-state index is 5.67. The first-order valence-electron chi connectivity index (χ1n) is 7.13. The summed E-state index contributed by atoms with van der Waals surface area (Å²) in [5.41, 5.74) is 1.36. The topological polar surface area (TPSA) is 12.5 Å². The van der Waals surface area contributed by atoms with E-state index >= 15 is 0 Å². The lowest BCUT2D eigenvalue weighted by Gasteiger charge is -2.15. The van der Waals surface area contributed by atoms with Crippen molar-refractivity contribution in [3.05, 3.63) is 35.9 Å². The van der Waals surface area contributed by atoms with Gasteiger partial charge in [0.1, 0.15) is 0 Å². The number of nitrogens with zero attached hydrogens (tertiary/aromatic N) is 1. The molecule has 0 atom stereocenters. The molecule has 0 spiro atoms. The molecule has 0 aliphatic heterocycles. The van der Waals surface area contributed by atoms with Crippen LogP contribution in [0.4, 0.5) is 0 Å². The zero-order valence-corrected chi connectivity index (χ0v) is 11.9. The van der Waals surface area contributed by atoms with Crippen LogP contribution < -0.4 is 0 Å². The van der Waals surface area contributed by atoms with Gasteiger partial charge in [0.2, 0.25) is 0 Å². The third-order valence-corrected chi connectivity index (χ3v) is 3.10. The van der Waals surface area contributed by atoms with Crippen molar-refractivity contribution in [2.24, 2.45) is 0 Å². The largest absolute Gasteiger partial charge is 0.381 e. The lowest BCUT2D eigenvalue weighted by atomic mass is 10.2. The Bertz CT molecular complexity index is 286. The van der Waals surface area contributed by atoms with Crippen molar-refractivity contribution in [2.45, 2.75) is 32.6 Å². The number of hydrogen-bond donors (Lipinski definition) is 0. The van der Waals surface area contributed by atoms with Crippen molar-refractivity contribution in [1.82, 2.24) is 4.90 Å². The smallest absolute Gasteiger partial charge is 0.0506 e. The average Bonchev–Trinajstić information content (AvgIpc) is 2.41. The Hall–Kier alpha value is -0.860. The molecule has 2 nitrogen and oxygen atoms in total. The van der Waals surface area contributed by atoms with Crippen LogP contribution in [0.5, 0.6) is 0 Å². The Labute approximate surface area is 112 Å². The standard InChI is InChI=1S/C16H27NO/c1-3-4-12-17(2)13-8-14-18-15-11-16-9-6-5-7-10-16/h5-7,9-10H,3-4,8,11-15H2,1-2H3. The van der Waals surface area contributed by atoms with Crippen LogP contribution in [0.25, 0.3) is 0 Å². The van der Waals surface area contributed by atoms with Crippen molar-refractivity contribution in [1.29, 1.82) is 0 Å². The van der Waals surface area contributed by atoms with Gasteiger partial charge in [-0.15, -0.1) is 0 Å². The summed E-state index contributed by atoms with van der Waals surface area (Å²) < 4.78 is 5.67. The summed E-state index contributed by atoms with van der Waals surface area (Å²) in [6.07, 6.45) is 4.73. The first-order chi connectivity index (χ1) is 8.83. The van der Waals surface area contributed by atoms with Crippen molar-refractivity contribution in [3.63, 3.8) is 0 Å². The normalized spacial score (nSPS) is 11.1. The van der Waals surface area contributed by atoms with Crippen LogP contribution in [0.2, 0.25) is 0 Å². The molecule has 0 amide bonds. The van der Waals surface area contributed by atoms with Crippen molar-refractivity contribution in [3.8, 4) is 0 Å². The summed E-state index contributed by atoms with van der Waals surface area (Å²) in [5.74, 6) is 0. The number of rotatable bonds is 10. The quantitative estimate of drug-likeness (QED) is 0.590. The summed E-state index contributed by atoms with van der Waals surface area (Å²) in [4.78, 5) is 2.39. The Morgan fingerprint density at radius 3 is 2.44 bits per heavy atom.